The van der Waals surface area contributed by atoms with Crippen molar-refractivity contribution in [1.82, 2.24) is 5.32 Å². The Hall–Kier alpha value is -2.13. The molecule has 0 radical (unpaired) electrons. The van der Waals surface area contributed by atoms with Gasteiger partial charge in [0.2, 0.25) is 0 Å². The second-order valence-corrected chi connectivity index (χ2v) is 2.91. The molecule has 0 bridgehead atoms. The van der Waals surface area contributed by atoms with E-state index >= 15 is 0 Å². The highest BCUT2D eigenvalue weighted by molar-refractivity contribution is 5.52. The van der Waals surface area contributed by atoms with Gasteiger partial charge in [-0.1, -0.05) is 11.8 Å². The highest BCUT2D eigenvalue weighted by atomic mass is 19.1. The minimum absolute atomic E-state index is 0.111. The summed E-state index contributed by atoms with van der Waals surface area (Å²) in [6.07, 6.45) is 0. The summed E-state index contributed by atoms with van der Waals surface area (Å²) in [4.78, 5) is 9.68. The summed E-state index contributed by atoms with van der Waals surface area (Å²) in [5.74, 6) is 3.51. The molecule has 1 aromatic rings. The van der Waals surface area contributed by atoms with Crippen LogP contribution in [0.2, 0.25) is 0 Å². The van der Waals surface area contributed by atoms with Crippen LogP contribution in [0.3, 0.4) is 0 Å². The van der Waals surface area contributed by atoms with Crippen molar-refractivity contribution in [1.29, 1.82) is 0 Å². The number of halogens is 1. The molecule has 0 fully saturated rings. The highest BCUT2D eigenvalue weighted by Crippen LogP contribution is 2.28. The van der Waals surface area contributed by atoms with Crippen molar-refractivity contribution >= 4 is 5.69 Å². The first-order chi connectivity index (χ1) is 7.56. The molecule has 0 spiro atoms. The molecular formula is C10H9FN2O3. The van der Waals surface area contributed by atoms with Crippen molar-refractivity contribution in [2.24, 2.45) is 0 Å². The number of hydrogen-bond acceptors (Lipinski definition) is 4. The Kier molecular flexibility index (Phi) is 3.80. The molecule has 0 aromatic heterocycles. The van der Waals surface area contributed by atoms with E-state index < -0.39 is 22.2 Å². The van der Waals surface area contributed by atoms with Gasteiger partial charge in [0, 0.05) is 12.1 Å². The fourth-order valence-electron chi connectivity index (χ4n) is 1.02. The molecule has 6 heteroatoms. The number of benzene rings is 1. The largest absolute Gasteiger partial charge is 0.502 e. The van der Waals surface area contributed by atoms with Crippen LogP contribution in [-0.2, 0) is 0 Å². The molecule has 0 aliphatic rings. The zero-order valence-corrected chi connectivity index (χ0v) is 8.45. The van der Waals surface area contributed by atoms with Crippen LogP contribution in [0.4, 0.5) is 10.1 Å². The molecule has 0 heterocycles. The lowest BCUT2D eigenvalue weighted by atomic mass is 10.2. The summed E-state index contributed by atoms with van der Waals surface area (Å²) in [6.45, 7) is 0.341. The fourth-order valence-corrected chi connectivity index (χ4v) is 1.02. The van der Waals surface area contributed by atoms with Gasteiger partial charge in [-0.05, 0) is 7.05 Å². The molecular weight excluding hydrogens is 215 g/mol. The normalized spacial score (nSPS) is 9.38. The lowest BCUT2D eigenvalue weighted by Gasteiger charge is -1.98. The Morgan fingerprint density at radius 3 is 2.88 bits per heavy atom. The van der Waals surface area contributed by atoms with Gasteiger partial charge in [-0.25, -0.2) is 4.39 Å². The number of phenolic OH excluding ortho intramolecular Hbond substituents is 1. The van der Waals surface area contributed by atoms with Crippen LogP contribution in [0.15, 0.2) is 12.1 Å². The van der Waals surface area contributed by atoms with Gasteiger partial charge in [0.1, 0.15) is 5.82 Å². The summed E-state index contributed by atoms with van der Waals surface area (Å²) < 4.78 is 13.2. The average molecular weight is 224 g/mol. The van der Waals surface area contributed by atoms with Gasteiger partial charge >= 0.3 is 5.69 Å². The molecule has 0 amide bonds. The number of nitro benzene ring substituents is 1. The summed E-state index contributed by atoms with van der Waals surface area (Å²) in [5.41, 5.74) is -0.671. The van der Waals surface area contributed by atoms with Crippen molar-refractivity contribution in [3.8, 4) is 17.6 Å². The number of nitrogens with one attached hydrogen (secondary N) is 1. The van der Waals surface area contributed by atoms with Crippen LogP contribution < -0.4 is 5.32 Å². The van der Waals surface area contributed by atoms with E-state index in [1.54, 1.807) is 7.05 Å². The maximum absolute atomic E-state index is 13.2. The Morgan fingerprint density at radius 1 is 1.62 bits per heavy atom. The number of aromatic hydroxyl groups is 1. The third-order valence-corrected chi connectivity index (χ3v) is 1.75. The van der Waals surface area contributed by atoms with Gasteiger partial charge in [-0.2, -0.15) is 0 Å². The van der Waals surface area contributed by atoms with Crippen molar-refractivity contribution in [3.05, 3.63) is 33.6 Å². The van der Waals surface area contributed by atoms with Gasteiger partial charge in [-0.3, -0.25) is 10.1 Å². The predicted octanol–water partition coefficient (Wildman–Crippen LogP) is 1.01. The van der Waals surface area contributed by atoms with Gasteiger partial charge in [-0.15, -0.1) is 0 Å². The minimum atomic E-state index is -0.794. The Balaban J connectivity index is 3.16. The third-order valence-electron chi connectivity index (χ3n) is 1.75. The van der Waals surface area contributed by atoms with Crippen molar-refractivity contribution in [3.63, 3.8) is 0 Å². The van der Waals surface area contributed by atoms with E-state index in [9.17, 15) is 14.5 Å². The number of rotatable bonds is 2. The average Bonchev–Trinajstić information content (AvgIpc) is 2.21. The topological polar surface area (TPSA) is 75.4 Å². The summed E-state index contributed by atoms with van der Waals surface area (Å²) in [6, 6.07) is 1.59. The molecule has 2 N–H and O–H groups in total. The SMILES string of the molecule is CNCC#Cc1cc([N+](=O)[O-])c(O)cc1F. The van der Waals surface area contributed by atoms with Crippen molar-refractivity contribution in [2.75, 3.05) is 13.6 Å². The van der Waals surface area contributed by atoms with Crippen LogP contribution >= 0.6 is 0 Å². The molecule has 1 rings (SSSR count). The zero-order valence-electron chi connectivity index (χ0n) is 8.45. The molecule has 1 aromatic carbocycles. The van der Waals surface area contributed by atoms with Crippen molar-refractivity contribution in [2.45, 2.75) is 0 Å². The number of hydrogen-bond donors (Lipinski definition) is 2. The standard InChI is InChI=1S/C10H9FN2O3/c1-12-4-2-3-7-5-9(13(15)16)10(14)6-8(7)11/h5-6,12,14H,4H2,1H3. The minimum Gasteiger partial charge on any atom is -0.502 e. The van der Waals surface area contributed by atoms with Gasteiger partial charge in [0.25, 0.3) is 0 Å². The van der Waals surface area contributed by atoms with E-state index in [0.29, 0.717) is 12.6 Å². The second kappa shape index (κ2) is 5.09. The van der Waals surface area contributed by atoms with Crippen LogP contribution in [0.1, 0.15) is 5.56 Å². The maximum atomic E-state index is 13.2. The van der Waals surface area contributed by atoms with Crippen LogP contribution in [0.25, 0.3) is 0 Å². The van der Waals surface area contributed by atoms with Gasteiger partial charge in [0.05, 0.1) is 17.0 Å². The third kappa shape index (κ3) is 2.68. The van der Waals surface area contributed by atoms with Crippen LogP contribution in [0, 0.1) is 27.8 Å². The molecule has 84 valence electrons. The second-order valence-electron chi connectivity index (χ2n) is 2.91. The van der Waals surface area contributed by atoms with E-state index in [2.05, 4.69) is 17.2 Å². The first-order valence-corrected chi connectivity index (χ1v) is 4.36. The number of nitrogens with zero attached hydrogens (tertiary/aromatic N) is 1. The predicted molar refractivity (Wildman–Crippen MR) is 55.5 cm³/mol. The van der Waals surface area contributed by atoms with Crippen molar-refractivity contribution < 1.29 is 14.4 Å². The van der Waals surface area contributed by atoms with Crippen LogP contribution in [-0.4, -0.2) is 23.6 Å². The Bertz CT molecular complexity index is 477. The van der Waals surface area contributed by atoms with E-state index in [1.807, 2.05) is 0 Å². The molecule has 0 unspecified atom stereocenters. The molecule has 16 heavy (non-hydrogen) atoms. The maximum Gasteiger partial charge on any atom is 0.312 e. The highest BCUT2D eigenvalue weighted by Gasteiger charge is 2.16. The molecule has 0 aliphatic heterocycles. The van der Waals surface area contributed by atoms with Gasteiger partial charge < -0.3 is 10.4 Å². The number of nitro groups is 1. The first-order valence-electron chi connectivity index (χ1n) is 4.36. The Morgan fingerprint density at radius 2 is 2.31 bits per heavy atom. The molecule has 0 atom stereocenters. The molecule has 0 saturated heterocycles. The number of phenols is 1. The Labute approximate surface area is 91.1 Å². The monoisotopic (exact) mass is 224 g/mol. The molecule has 5 nitrogen and oxygen atoms in total. The lowest BCUT2D eigenvalue weighted by molar-refractivity contribution is -0.385. The summed E-state index contributed by atoms with van der Waals surface area (Å²) in [5, 5.41) is 22.3. The van der Waals surface area contributed by atoms with E-state index in [1.165, 1.54) is 0 Å². The van der Waals surface area contributed by atoms with E-state index in [0.717, 1.165) is 6.07 Å². The molecule has 0 saturated carbocycles. The van der Waals surface area contributed by atoms with Crippen LogP contribution in [0.5, 0.6) is 5.75 Å². The van der Waals surface area contributed by atoms with Gasteiger partial charge in [0.15, 0.2) is 5.75 Å². The van der Waals surface area contributed by atoms with E-state index in [-0.39, 0.29) is 5.56 Å². The summed E-state index contributed by atoms with van der Waals surface area (Å²) >= 11 is 0. The summed E-state index contributed by atoms with van der Waals surface area (Å²) in [7, 11) is 1.67. The lowest BCUT2D eigenvalue weighted by Crippen LogP contribution is -2.04. The first kappa shape index (κ1) is 11.9. The fraction of sp³-hybridized carbons (Fsp3) is 0.200. The smallest absolute Gasteiger partial charge is 0.312 e. The zero-order chi connectivity index (χ0) is 12.1. The quantitative estimate of drug-likeness (QED) is 0.446. The molecule has 0 aliphatic carbocycles. The van der Waals surface area contributed by atoms with E-state index in [4.69, 9.17) is 5.11 Å².